The predicted molar refractivity (Wildman–Crippen MR) is 78.8 cm³/mol. The van der Waals surface area contributed by atoms with Gasteiger partial charge in [-0.1, -0.05) is 6.07 Å². The summed E-state index contributed by atoms with van der Waals surface area (Å²) in [6.07, 6.45) is 1.73. The van der Waals surface area contributed by atoms with Gasteiger partial charge in [-0.15, -0.1) is 0 Å². The van der Waals surface area contributed by atoms with E-state index < -0.39 is 4.92 Å². The zero-order chi connectivity index (χ0) is 15.0. The van der Waals surface area contributed by atoms with Crippen LogP contribution in [0.4, 0.5) is 17.1 Å². The highest BCUT2D eigenvalue weighted by Gasteiger charge is 2.18. The molecule has 0 fully saturated rings. The van der Waals surface area contributed by atoms with Crippen LogP contribution in [0.1, 0.15) is 26.2 Å². The summed E-state index contributed by atoms with van der Waals surface area (Å²) < 4.78 is 0. The number of amides is 1. The first-order valence-electron chi connectivity index (χ1n) is 6.59. The third-order valence-corrected chi connectivity index (χ3v) is 2.75. The molecule has 7 nitrogen and oxygen atoms in total. The lowest BCUT2D eigenvalue weighted by molar-refractivity contribution is -0.383. The van der Waals surface area contributed by atoms with Gasteiger partial charge in [-0.05, 0) is 31.9 Å². The van der Waals surface area contributed by atoms with Crippen molar-refractivity contribution < 1.29 is 9.72 Å². The highest BCUT2D eigenvalue weighted by atomic mass is 16.6. The van der Waals surface area contributed by atoms with Crippen molar-refractivity contribution in [3.63, 3.8) is 0 Å². The molecule has 7 heteroatoms. The zero-order valence-electron chi connectivity index (χ0n) is 11.5. The number of hydrogen-bond acceptors (Lipinski definition) is 5. The molecule has 0 saturated heterocycles. The molecule has 0 heterocycles. The number of carbonyl (C=O) groups excluding carboxylic acids is 1. The number of hydrogen-bond donors (Lipinski definition) is 3. The van der Waals surface area contributed by atoms with Crippen LogP contribution >= 0.6 is 0 Å². The normalized spacial score (nSPS) is 10.1. The number of nitrogens with one attached hydrogen (secondary N) is 2. The maximum absolute atomic E-state index is 11.2. The van der Waals surface area contributed by atoms with Crippen molar-refractivity contribution in [1.82, 2.24) is 0 Å². The highest BCUT2D eigenvalue weighted by molar-refractivity contribution is 5.76. The summed E-state index contributed by atoms with van der Waals surface area (Å²) in [4.78, 5) is 21.4. The summed E-state index contributed by atoms with van der Waals surface area (Å²) in [7, 11) is 0. The highest BCUT2D eigenvalue weighted by Crippen LogP contribution is 2.32. The summed E-state index contributed by atoms with van der Waals surface area (Å²) in [5, 5.41) is 17.2. The molecule has 20 heavy (non-hydrogen) atoms. The van der Waals surface area contributed by atoms with E-state index in [4.69, 9.17) is 5.73 Å². The van der Waals surface area contributed by atoms with Gasteiger partial charge >= 0.3 is 5.69 Å². The molecule has 0 aliphatic rings. The van der Waals surface area contributed by atoms with E-state index in [-0.39, 0.29) is 11.6 Å². The van der Waals surface area contributed by atoms with E-state index in [9.17, 15) is 14.9 Å². The maximum atomic E-state index is 11.2. The molecule has 0 saturated carbocycles. The van der Waals surface area contributed by atoms with Gasteiger partial charge in [0.2, 0.25) is 5.91 Å². The number of nitro groups is 1. The number of primary amides is 1. The van der Waals surface area contributed by atoms with E-state index in [1.54, 1.807) is 18.2 Å². The first-order valence-corrected chi connectivity index (χ1v) is 6.59. The number of nitrogens with zero attached hydrogens (tertiary/aromatic N) is 1. The van der Waals surface area contributed by atoms with Crippen molar-refractivity contribution in [3.05, 3.63) is 28.3 Å². The number of benzene rings is 1. The topological polar surface area (TPSA) is 110 Å². The van der Waals surface area contributed by atoms with Crippen LogP contribution in [0.3, 0.4) is 0 Å². The minimum atomic E-state index is -0.399. The fraction of sp³-hybridized carbons (Fsp3) is 0.462. The molecule has 0 atom stereocenters. The Kier molecular flexibility index (Phi) is 6.28. The van der Waals surface area contributed by atoms with Crippen LogP contribution in [-0.4, -0.2) is 23.9 Å². The van der Waals surface area contributed by atoms with Crippen LogP contribution in [0.15, 0.2) is 18.2 Å². The summed E-state index contributed by atoms with van der Waals surface area (Å²) in [6.45, 7) is 3.06. The smallest absolute Gasteiger partial charge is 0.315 e. The Balaban J connectivity index is 2.66. The van der Waals surface area contributed by atoms with Crippen LogP contribution in [0.2, 0.25) is 0 Å². The van der Waals surface area contributed by atoms with Crippen molar-refractivity contribution in [3.8, 4) is 0 Å². The number of carbonyl (C=O) groups is 1. The minimum absolute atomic E-state index is 0.0456. The minimum Gasteiger partial charge on any atom is -0.380 e. The van der Waals surface area contributed by atoms with Gasteiger partial charge in [0.25, 0.3) is 0 Å². The number of rotatable bonds is 9. The van der Waals surface area contributed by atoms with Crippen LogP contribution < -0.4 is 16.4 Å². The van der Waals surface area contributed by atoms with Crippen LogP contribution in [0.5, 0.6) is 0 Å². The van der Waals surface area contributed by atoms with Gasteiger partial charge in [0.05, 0.1) is 4.92 Å². The van der Waals surface area contributed by atoms with E-state index in [1.165, 1.54) is 0 Å². The Morgan fingerprint density at radius 3 is 2.50 bits per heavy atom. The quantitative estimate of drug-likeness (QED) is 0.364. The average molecular weight is 280 g/mol. The van der Waals surface area contributed by atoms with Crippen molar-refractivity contribution in [2.24, 2.45) is 5.73 Å². The molecule has 0 aliphatic heterocycles. The Labute approximate surface area is 117 Å². The second kappa shape index (κ2) is 7.98. The molecule has 0 aromatic heterocycles. The molecule has 0 radical (unpaired) electrons. The summed E-state index contributed by atoms with van der Waals surface area (Å²) in [5.74, 6) is -0.329. The van der Waals surface area contributed by atoms with E-state index in [1.807, 2.05) is 6.92 Å². The van der Waals surface area contributed by atoms with Crippen molar-refractivity contribution in [2.75, 3.05) is 23.7 Å². The van der Waals surface area contributed by atoms with Crippen LogP contribution in [0.25, 0.3) is 0 Å². The fourth-order valence-electron chi connectivity index (χ4n) is 1.86. The monoisotopic (exact) mass is 280 g/mol. The van der Waals surface area contributed by atoms with Gasteiger partial charge in [-0.3, -0.25) is 14.9 Å². The molecular formula is C13H20N4O3. The van der Waals surface area contributed by atoms with Crippen molar-refractivity contribution in [1.29, 1.82) is 0 Å². The van der Waals surface area contributed by atoms with Gasteiger partial charge in [0.15, 0.2) is 0 Å². The Hall–Kier alpha value is -2.31. The number of unbranched alkanes of at least 4 members (excludes halogenated alkanes) is 1. The third kappa shape index (κ3) is 4.75. The molecule has 0 spiro atoms. The molecule has 1 aromatic rings. The first-order chi connectivity index (χ1) is 9.56. The number of anilines is 2. The number of nitrogens with two attached hydrogens (primary N) is 1. The molecule has 110 valence electrons. The van der Waals surface area contributed by atoms with Crippen molar-refractivity contribution >= 4 is 23.0 Å². The lowest BCUT2D eigenvalue weighted by atomic mass is 10.2. The predicted octanol–water partition coefficient (Wildman–Crippen LogP) is 2.09. The summed E-state index contributed by atoms with van der Waals surface area (Å²) in [5.41, 5.74) is 6.07. The molecular weight excluding hydrogens is 260 g/mol. The largest absolute Gasteiger partial charge is 0.380 e. The van der Waals surface area contributed by atoms with Gasteiger partial charge < -0.3 is 16.4 Å². The van der Waals surface area contributed by atoms with Gasteiger partial charge in [0, 0.05) is 19.5 Å². The van der Waals surface area contributed by atoms with E-state index >= 15 is 0 Å². The van der Waals surface area contributed by atoms with Gasteiger partial charge in [0.1, 0.15) is 11.4 Å². The molecule has 1 aromatic carbocycles. The van der Waals surface area contributed by atoms with E-state index in [0.29, 0.717) is 37.3 Å². The summed E-state index contributed by atoms with van der Waals surface area (Å²) >= 11 is 0. The zero-order valence-corrected chi connectivity index (χ0v) is 11.5. The molecule has 0 aliphatic carbocycles. The Morgan fingerprint density at radius 1 is 1.30 bits per heavy atom. The Morgan fingerprint density at radius 2 is 1.95 bits per heavy atom. The van der Waals surface area contributed by atoms with Crippen molar-refractivity contribution in [2.45, 2.75) is 26.2 Å². The molecule has 1 rings (SSSR count). The first kappa shape index (κ1) is 15.7. The SMILES string of the molecule is CCNc1cccc(NCCCCC(N)=O)c1[N+](=O)[O-]. The molecule has 0 unspecified atom stereocenters. The molecule has 4 N–H and O–H groups in total. The lowest BCUT2D eigenvalue weighted by Crippen LogP contribution is -2.11. The fourth-order valence-corrected chi connectivity index (χ4v) is 1.86. The molecule has 1 amide bonds. The number of nitro benzene ring substituents is 1. The van der Waals surface area contributed by atoms with E-state index in [2.05, 4.69) is 10.6 Å². The standard InChI is InChI=1S/C13H20N4O3/c1-2-15-10-6-5-7-11(13(10)17(19)20)16-9-4-3-8-12(14)18/h5-7,15-16H,2-4,8-9H2,1H3,(H2,14,18). The van der Waals surface area contributed by atoms with Crippen LogP contribution in [-0.2, 0) is 4.79 Å². The Bertz CT molecular complexity index is 477. The van der Waals surface area contributed by atoms with Gasteiger partial charge in [-0.25, -0.2) is 0 Å². The number of para-hydroxylation sites is 1. The van der Waals surface area contributed by atoms with Gasteiger partial charge in [-0.2, -0.15) is 0 Å². The molecule has 0 bridgehead atoms. The second-order valence-electron chi connectivity index (χ2n) is 4.34. The third-order valence-electron chi connectivity index (χ3n) is 2.75. The lowest BCUT2D eigenvalue weighted by Gasteiger charge is -2.10. The second-order valence-corrected chi connectivity index (χ2v) is 4.34. The van der Waals surface area contributed by atoms with E-state index in [0.717, 1.165) is 6.42 Å². The van der Waals surface area contributed by atoms with Crippen LogP contribution in [0, 0.1) is 10.1 Å². The summed E-state index contributed by atoms with van der Waals surface area (Å²) in [6, 6.07) is 5.11. The maximum Gasteiger partial charge on any atom is 0.315 e. The average Bonchev–Trinajstić information content (AvgIpc) is 2.38.